The number of halogens is 3. The minimum Gasteiger partial charge on any atom is -0.469 e. The van der Waals surface area contributed by atoms with Crippen molar-refractivity contribution in [3.8, 4) is 0 Å². The smallest absolute Gasteiger partial charge is 0.307 e. The molecule has 0 amide bonds. The number of hydrogen-bond acceptors (Lipinski definition) is 6. The van der Waals surface area contributed by atoms with Crippen LogP contribution < -0.4 is 5.32 Å². The molecule has 0 atom stereocenters. The van der Waals surface area contributed by atoms with E-state index in [2.05, 4.69) is 41.9 Å². The molecule has 0 radical (unpaired) electrons. The molecule has 0 unspecified atom stereocenters. The molecule has 0 saturated carbocycles. The van der Waals surface area contributed by atoms with Crippen LogP contribution in [0.5, 0.6) is 0 Å². The molecule has 0 aliphatic rings. The van der Waals surface area contributed by atoms with Crippen LogP contribution in [-0.2, 0) is 9.53 Å². The molecule has 2 aromatic rings. The molecule has 0 aliphatic heterocycles. The standard InChI is InChI=1S/C18H15Br2FN2O5/c1-9-3-4-10(21)7-11(9)18(25)15-12(19)8-13(17(16(15)20)23(26)27)22-6-5-14(24)28-2/h3-4,7-8,22H,5-6H2,1-2H3. The van der Waals surface area contributed by atoms with Gasteiger partial charge in [-0.3, -0.25) is 19.7 Å². The highest BCUT2D eigenvalue weighted by atomic mass is 79.9. The molecule has 2 rings (SSSR count). The van der Waals surface area contributed by atoms with Crippen molar-refractivity contribution in [1.82, 2.24) is 0 Å². The van der Waals surface area contributed by atoms with Gasteiger partial charge >= 0.3 is 11.7 Å². The number of nitro benzene ring substituents is 1. The number of nitro groups is 1. The van der Waals surface area contributed by atoms with Gasteiger partial charge in [-0.05, 0) is 62.5 Å². The number of hydrogen-bond donors (Lipinski definition) is 1. The average molecular weight is 518 g/mol. The largest absolute Gasteiger partial charge is 0.469 e. The Morgan fingerprint density at radius 2 is 1.96 bits per heavy atom. The molecule has 1 N–H and O–H groups in total. The number of carbonyl (C=O) groups excluding carboxylic acids is 2. The summed E-state index contributed by atoms with van der Waals surface area (Å²) in [7, 11) is 1.24. The van der Waals surface area contributed by atoms with Gasteiger partial charge in [-0.15, -0.1) is 0 Å². The molecule has 7 nitrogen and oxygen atoms in total. The lowest BCUT2D eigenvalue weighted by Crippen LogP contribution is -2.13. The van der Waals surface area contributed by atoms with Crippen LogP contribution in [0.15, 0.2) is 33.2 Å². The molecule has 0 heterocycles. The summed E-state index contributed by atoms with van der Waals surface area (Å²) in [5.41, 5.74) is 0.375. The number of methoxy groups -OCH3 is 1. The molecule has 10 heteroatoms. The fourth-order valence-corrected chi connectivity index (χ4v) is 4.13. The number of ketones is 1. The van der Waals surface area contributed by atoms with E-state index in [4.69, 9.17) is 0 Å². The Morgan fingerprint density at radius 3 is 2.57 bits per heavy atom. The molecule has 0 bridgehead atoms. The Hall–Kier alpha value is -2.33. The number of carbonyl (C=O) groups is 2. The number of rotatable bonds is 7. The van der Waals surface area contributed by atoms with Crippen LogP contribution in [-0.4, -0.2) is 30.3 Å². The second-order valence-electron chi connectivity index (χ2n) is 5.74. The van der Waals surface area contributed by atoms with Gasteiger partial charge in [0.25, 0.3) is 0 Å². The number of anilines is 1. The van der Waals surface area contributed by atoms with Crippen LogP contribution in [0, 0.1) is 22.9 Å². The number of nitrogens with zero attached hydrogens (tertiary/aromatic N) is 1. The van der Waals surface area contributed by atoms with Crippen LogP contribution in [0.1, 0.15) is 27.9 Å². The van der Waals surface area contributed by atoms with Gasteiger partial charge in [0.05, 0.1) is 24.0 Å². The van der Waals surface area contributed by atoms with E-state index in [-0.39, 0.29) is 44.4 Å². The Labute approximate surface area is 176 Å². The summed E-state index contributed by atoms with van der Waals surface area (Å²) in [5, 5.41) is 14.4. The van der Waals surface area contributed by atoms with Gasteiger partial charge < -0.3 is 10.1 Å². The molecule has 0 aliphatic carbocycles. The van der Waals surface area contributed by atoms with Crippen LogP contribution in [0.25, 0.3) is 0 Å². The van der Waals surface area contributed by atoms with Gasteiger partial charge in [0.15, 0.2) is 5.78 Å². The molecule has 0 spiro atoms. The molecule has 0 saturated heterocycles. The molecular formula is C18H15Br2FN2O5. The fourth-order valence-electron chi connectivity index (χ4n) is 2.50. The fraction of sp³-hybridized carbons (Fsp3) is 0.222. The Balaban J connectivity index is 2.51. The van der Waals surface area contributed by atoms with E-state index in [1.54, 1.807) is 6.92 Å². The van der Waals surface area contributed by atoms with Crippen molar-refractivity contribution < 1.29 is 23.6 Å². The first-order valence-corrected chi connectivity index (χ1v) is 9.53. The van der Waals surface area contributed by atoms with Crippen LogP contribution in [0.2, 0.25) is 0 Å². The second kappa shape index (κ2) is 9.24. The zero-order valence-electron chi connectivity index (χ0n) is 14.8. The number of nitrogens with one attached hydrogen (secondary N) is 1. The van der Waals surface area contributed by atoms with E-state index in [9.17, 15) is 24.1 Å². The zero-order valence-corrected chi connectivity index (χ0v) is 18.0. The first-order valence-electron chi connectivity index (χ1n) is 7.95. The first kappa shape index (κ1) is 22.0. The minimum absolute atomic E-state index is 0.00100. The van der Waals surface area contributed by atoms with Crippen LogP contribution in [0.4, 0.5) is 15.8 Å². The second-order valence-corrected chi connectivity index (χ2v) is 7.39. The van der Waals surface area contributed by atoms with Crippen molar-refractivity contribution in [3.63, 3.8) is 0 Å². The van der Waals surface area contributed by atoms with Crippen molar-refractivity contribution in [3.05, 3.63) is 65.8 Å². The van der Waals surface area contributed by atoms with Gasteiger partial charge in [-0.1, -0.05) is 6.07 Å². The topological polar surface area (TPSA) is 98.5 Å². The third-order valence-electron chi connectivity index (χ3n) is 3.92. The normalized spacial score (nSPS) is 10.5. The van der Waals surface area contributed by atoms with E-state index in [1.165, 1.54) is 25.3 Å². The minimum atomic E-state index is -0.647. The predicted octanol–water partition coefficient (Wildman–Crippen LogP) is 4.77. The highest BCUT2D eigenvalue weighted by Gasteiger charge is 2.29. The molecule has 0 aromatic heterocycles. The van der Waals surface area contributed by atoms with Gasteiger partial charge in [0.1, 0.15) is 16.0 Å². The quantitative estimate of drug-likeness (QED) is 0.246. The molecule has 28 heavy (non-hydrogen) atoms. The Morgan fingerprint density at radius 1 is 1.29 bits per heavy atom. The van der Waals surface area contributed by atoms with E-state index in [0.29, 0.717) is 5.56 Å². The maximum Gasteiger partial charge on any atom is 0.307 e. The molecule has 2 aromatic carbocycles. The SMILES string of the molecule is COC(=O)CCNc1cc(Br)c(C(=O)c2cc(F)ccc2C)c(Br)c1[N+](=O)[O-]. The average Bonchev–Trinajstić information content (AvgIpc) is 2.62. The van der Waals surface area contributed by atoms with Crippen LogP contribution >= 0.6 is 31.9 Å². The Bertz CT molecular complexity index is 965. The third kappa shape index (κ3) is 4.74. The summed E-state index contributed by atoms with van der Waals surface area (Å²) in [6.45, 7) is 1.74. The molecular weight excluding hydrogens is 503 g/mol. The maximum atomic E-state index is 13.6. The number of ether oxygens (including phenoxy) is 1. The third-order valence-corrected chi connectivity index (χ3v) is 5.32. The predicted molar refractivity (Wildman–Crippen MR) is 108 cm³/mol. The lowest BCUT2D eigenvalue weighted by Gasteiger charge is -2.13. The van der Waals surface area contributed by atoms with Crippen molar-refractivity contribution in [2.75, 3.05) is 19.0 Å². The van der Waals surface area contributed by atoms with Crippen molar-refractivity contribution in [1.29, 1.82) is 0 Å². The Kier molecular flexibility index (Phi) is 7.25. The summed E-state index contributed by atoms with van der Waals surface area (Å²) < 4.78 is 18.3. The van der Waals surface area contributed by atoms with Crippen molar-refractivity contribution in [2.45, 2.75) is 13.3 Å². The first-order chi connectivity index (χ1) is 13.2. The number of esters is 1. The van der Waals surface area contributed by atoms with E-state index >= 15 is 0 Å². The van der Waals surface area contributed by atoms with Gasteiger partial charge in [0, 0.05) is 16.6 Å². The molecule has 0 fully saturated rings. The summed E-state index contributed by atoms with van der Waals surface area (Å²) >= 11 is 6.40. The number of benzene rings is 2. The highest BCUT2D eigenvalue weighted by molar-refractivity contribution is 9.11. The van der Waals surface area contributed by atoms with Crippen LogP contribution in [0.3, 0.4) is 0 Å². The maximum absolute atomic E-state index is 13.6. The summed E-state index contributed by atoms with van der Waals surface area (Å²) in [6, 6.07) is 5.15. The van der Waals surface area contributed by atoms with E-state index < -0.39 is 22.5 Å². The summed E-state index contributed by atoms with van der Waals surface area (Å²) in [4.78, 5) is 35.1. The summed E-state index contributed by atoms with van der Waals surface area (Å²) in [5.74, 6) is -1.63. The lowest BCUT2D eigenvalue weighted by atomic mass is 9.98. The van der Waals surface area contributed by atoms with Gasteiger partial charge in [-0.25, -0.2) is 4.39 Å². The van der Waals surface area contributed by atoms with Crippen molar-refractivity contribution >= 4 is 55.0 Å². The monoisotopic (exact) mass is 516 g/mol. The number of aryl methyl sites for hydroxylation is 1. The van der Waals surface area contributed by atoms with Gasteiger partial charge in [0.2, 0.25) is 0 Å². The van der Waals surface area contributed by atoms with Crippen molar-refractivity contribution in [2.24, 2.45) is 0 Å². The van der Waals surface area contributed by atoms with Gasteiger partial charge in [-0.2, -0.15) is 0 Å². The zero-order chi connectivity index (χ0) is 21.0. The molecule has 148 valence electrons. The highest BCUT2D eigenvalue weighted by Crippen LogP contribution is 2.41. The van der Waals surface area contributed by atoms with E-state index in [0.717, 1.165) is 6.07 Å². The van der Waals surface area contributed by atoms with E-state index in [1.807, 2.05) is 0 Å². The lowest BCUT2D eigenvalue weighted by molar-refractivity contribution is -0.384. The summed E-state index contributed by atoms with van der Waals surface area (Å²) in [6.07, 6.45) is 0.00601.